The summed E-state index contributed by atoms with van der Waals surface area (Å²) in [5.41, 5.74) is 1.15. The third-order valence-corrected chi connectivity index (χ3v) is 3.07. The van der Waals surface area contributed by atoms with E-state index in [0.29, 0.717) is 16.9 Å². The number of benzene rings is 2. The van der Waals surface area contributed by atoms with Gasteiger partial charge in [0, 0.05) is 17.4 Å². The zero-order valence-electron chi connectivity index (χ0n) is 12.9. The summed E-state index contributed by atoms with van der Waals surface area (Å²) in [6, 6.07) is 11.7. The van der Waals surface area contributed by atoms with E-state index in [4.69, 9.17) is 12.2 Å². The number of alkyl halides is 3. The summed E-state index contributed by atoms with van der Waals surface area (Å²) in [6.45, 7) is 0. The van der Waals surface area contributed by atoms with Crippen LogP contribution in [0.3, 0.4) is 0 Å². The van der Waals surface area contributed by atoms with Gasteiger partial charge >= 0.3 is 12.3 Å². The molecule has 0 aliphatic heterocycles. The number of hydrogen-bond acceptors (Lipinski definition) is 4. The number of hydrogen-bond donors (Lipinski definition) is 2. The highest BCUT2D eigenvalue weighted by Crippen LogP contribution is 2.25. The van der Waals surface area contributed by atoms with Crippen LogP contribution >= 0.6 is 12.2 Å². The predicted molar refractivity (Wildman–Crippen MR) is 90.7 cm³/mol. The quantitative estimate of drug-likeness (QED) is 0.622. The second kappa shape index (κ2) is 7.84. The van der Waals surface area contributed by atoms with Crippen molar-refractivity contribution < 1.29 is 27.4 Å². The number of carbonyl (C=O) groups is 1. The molecule has 25 heavy (non-hydrogen) atoms. The van der Waals surface area contributed by atoms with Crippen molar-refractivity contribution in [2.24, 2.45) is 0 Å². The van der Waals surface area contributed by atoms with Crippen LogP contribution in [0.1, 0.15) is 10.4 Å². The highest BCUT2D eigenvalue weighted by Gasteiger charge is 2.31. The van der Waals surface area contributed by atoms with Gasteiger partial charge in [0.25, 0.3) is 0 Å². The Balaban J connectivity index is 2.03. The van der Waals surface area contributed by atoms with Crippen molar-refractivity contribution in [3.05, 3.63) is 54.1 Å². The molecule has 0 atom stereocenters. The fourth-order valence-corrected chi connectivity index (χ4v) is 2.14. The molecule has 2 rings (SSSR count). The number of methoxy groups -OCH3 is 1. The SMILES string of the molecule is COC(=O)c1cccc(NC(=S)Nc2cccc(OC(F)(F)F)c2)c1. The molecule has 2 N–H and O–H groups in total. The van der Waals surface area contributed by atoms with Crippen molar-refractivity contribution in [3.63, 3.8) is 0 Å². The molecule has 0 heterocycles. The largest absolute Gasteiger partial charge is 0.573 e. The summed E-state index contributed by atoms with van der Waals surface area (Å²) in [5, 5.41) is 5.69. The third-order valence-electron chi connectivity index (χ3n) is 2.87. The summed E-state index contributed by atoms with van der Waals surface area (Å²) in [4.78, 5) is 11.5. The monoisotopic (exact) mass is 370 g/mol. The molecule has 0 saturated carbocycles. The standard InChI is InChI=1S/C16H13F3N2O3S/c1-23-14(22)10-4-2-5-11(8-10)20-15(25)21-12-6-3-7-13(9-12)24-16(17,18)19/h2-9H,1H3,(H2,20,21,25). The Hall–Kier alpha value is -2.81. The van der Waals surface area contributed by atoms with E-state index in [9.17, 15) is 18.0 Å². The minimum atomic E-state index is -4.77. The van der Waals surface area contributed by atoms with Gasteiger partial charge in [0.15, 0.2) is 5.11 Å². The lowest BCUT2D eigenvalue weighted by atomic mass is 10.2. The van der Waals surface area contributed by atoms with Gasteiger partial charge in [-0.15, -0.1) is 13.2 Å². The Labute approximate surface area is 146 Å². The number of carbonyl (C=O) groups excluding carboxylic acids is 1. The lowest BCUT2D eigenvalue weighted by Gasteiger charge is -2.13. The van der Waals surface area contributed by atoms with Gasteiger partial charge in [-0.3, -0.25) is 0 Å². The van der Waals surface area contributed by atoms with Crippen molar-refractivity contribution in [1.82, 2.24) is 0 Å². The zero-order valence-corrected chi connectivity index (χ0v) is 13.7. The molecule has 0 amide bonds. The number of nitrogens with one attached hydrogen (secondary N) is 2. The maximum Gasteiger partial charge on any atom is 0.573 e. The van der Waals surface area contributed by atoms with Crippen molar-refractivity contribution in [3.8, 4) is 5.75 Å². The number of thiocarbonyl (C=S) groups is 1. The smallest absolute Gasteiger partial charge is 0.465 e. The van der Waals surface area contributed by atoms with Gasteiger partial charge in [-0.2, -0.15) is 0 Å². The summed E-state index contributed by atoms with van der Waals surface area (Å²) in [7, 11) is 1.27. The van der Waals surface area contributed by atoms with Gasteiger partial charge in [0.05, 0.1) is 12.7 Å². The van der Waals surface area contributed by atoms with Crippen LogP contribution in [0.25, 0.3) is 0 Å². The van der Waals surface area contributed by atoms with Crippen molar-refractivity contribution in [2.45, 2.75) is 6.36 Å². The molecule has 132 valence electrons. The minimum absolute atomic E-state index is 0.131. The summed E-state index contributed by atoms with van der Waals surface area (Å²) >= 11 is 5.11. The van der Waals surface area contributed by atoms with E-state index in [1.165, 1.54) is 31.4 Å². The van der Waals surface area contributed by atoms with Gasteiger partial charge in [0.2, 0.25) is 0 Å². The fraction of sp³-hybridized carbons (Fsp3) is 0.125. The van der Waals surface area contributed by atoms with Crippen molar-refractivity contribution >= 4 is 34.7 Å². The molecule has 0 bridgehead atoms. The highest BCUT2D eigenvalue weighted by atomic mass is 32.1. The molecule has 0 unspecified atom stereocenters. The molecule has 0 aliphatic rings. The van der Waals surface area contributed by atoms with E-state index >= 15 is 0 Å². The molecule has 0 saturated heterocycles. The van der Waals surface area contributed by atoms with Gasteiger partial charge in [-0.25, -0.2) is 4.79 Å². The van der Waals surface area contributed by atoms with Crippen LogP contribution in [0.5, 0.6) is 5.75 Å². The van der Waals surface area contributed by atoms with E-state index in [1.54, 1.807) is 18.2 Å². The number of halogens is 3. The normalized spacial score (nSPS) is 10.7. The van der Waals surface area contributed by atoms with Crippen LogP contribution in [0.15, 0.2) is 48.5 Å². The van der Waals surface area contributed by atoms with E-state index in [2.05, 4.69) is 20.1 Å². The topological polar surface area (TPSA) is 59.6 Å². The average molecular weight is 370 g/mol. The molecular weight excluding hydrogens is 357 g/mol. The average Bonchev–Trinajstić information content (AvgIpc) is 2.53. The molecule has 0 aromatic heterocycles. The zero-order chi connectivity index (χ0) is 18.4. The first-order valence-corrected chi connectivity index (χ1v) is 7.30. The lowest BCUT2D eigenvalue weighted by molar-refractivity contribution is -0.274. The van der Waals surface area contributed by atoms with E-state index in [0.717, 1.165) is 6.07 Å². The van der Waals surface area contributed by atoms with Crippen molar-refractivity contribution in [1.29, 1.82) is 0 Å². The van der Waals surface area contributed by atoms with Crippen LogP contribution in [0.2, 0.25) is 0 Å². The van der Waals surface area contributed by atoms with Gasteiger partial charge in [-0.05, 0) is 42.5 Å². The molecule has 0 radical (unpaired) electrons. The summed E-state index contributed by atoms with van der Waals surface area (Å²) in [6.07, 6.45) is -4.77. The fourth-order valence-electron chi connectivity index (χ4n) is 1.91. The lowest BCUT2D eigenvalue weighted by Crippen LogP contribution is -2.20. The highest BCUT2D eigenvalue weighted by molar-refractivity contribution is 7.80. The molecule has 2 aromatic rings. The Morgan fingerprint density at radius 1 is 1.04 bits per heavy atom. The number of esters is 1. The second-order valence-electron chi connectivity index (χ2n) is 4.73. The number of anilines is 2. The van der Waals surface area contributed by atoms with E-state index in [-0.39, 0.29) is 10.9 Å². The number of ether oxygens (including phenoxy) is 2. The second-order valence-corrected chi connectivity index (χ2v) is 5.14. The molecule has 0 aliphatic carbocycles. The van der Waals surface area contributed by atoms with Gasteiger partial charge < -0.3 is 20.1 Å². The Bertz CT molecular complexity index is 781. The molecular formula is C16H13F3N2O3S. The Kier molecular flexibility index (Phi) is 5.81. The maximum atomic E-state index is 12.2. The van der Waals surface area contributed by atoms with Crippen LogP contribution in [-0.2, 0) is 4.74 Å². The molecule has 2 aromatic carbocycles. The van der Waals surface area contributed by atoms with Gasteiger partial charge in [0.1, 0.15) is 5.75 Å². The Morgan fingerprint density at radius 2 is 1.64 bits per heavy atom. The minimum Gasteiger partial charge on any atom is -0.465 e. The third kappa shape index (κ3) is 5.96. The first-order chi connectivity index (χ1) is 11.8. The number of rotatable bonds is 4. The first-order valence-electron chi connectivity index (χ1n) is 6.89. The Morgan fingerprint density at radius 3 is 2.24 bits per heavy atom. The van der Waals surface area contributed by atoms with Crippen molar-refractivity contribution in [2.75, 3.05) is 17.7 Å². The van der Waals surface area contributed by atoms with Crippen LogP contribution in [0, 0.1) is 0 Å². The van der Waals surface area contributed by atoms with Crippen LogP contribution in [0.4, 0.5) is 24.5 Å². The van der Waals surface area contributed by atoms with E-state index < -0.39 is 12.3 Å². The molecule has 9 heteroatoms. The predicted octanol–water partition coefficient (Wildman–Crippen LogP) is 4.18. The van der Waals surface area contributed by atoms with Gasteiger partial charge in [-0.1, -0.05) is 12.1 Å². The van der Waals surface area contributed by atoms with Crippen LogP contribution < -0.4 is 15.4 Å². The summed E-state index contributed by atoms with van der Waals surface area (Å²) < 4.78 is 45.2. The maximum absolute atomic E-state index is 12.2. The molecule has 0 fully saturated rings. The molecule has 5 nitrogen and oxygen atoms in total. The first kappa shape index (κ1) is 18.5. The molecule has 0 spiro atoms. The van der Waals surface area contributed by atoms with Crippen LogP contribution in [-0.4, -0.2) is 24.6 Å². The summed E-state index contributed by atoms with van der Waals surface area (Å²) in [5.74, 6) is -0.868. The van der Waals surface area contributed by atoms with E-state index in [1.807, 2.05) is 0 Å².